The largest absolute Gasteiger partial charge is 0.326 e. The minimum Gasteiger partial charge on any atom is -0.326 e. The van der Waals surface area contributed by atoms with Crippen molar-refractivity contribution < 1.29 is 4.79 Å². The molecule has 1 aromatic carbocycles. The maximum Gasteiger partial charge on any atom is 0.225 e. The first-order valence-corrected chi connectivity index (χ1v) is 6.12. The number of para-hydroxylation sites is 1. The van der Waals surface area contributed by atoms with Crippen molar-refractivity contribution in [3.8, 4) is 0 Å². The summed E-state index contributed by atoms with van der Waals surface area (Å²) in [7, 11) is 0. The minimum atomic E-state index is 0. The summed E-state index contributed by atoms with van der Waals surface area (Å²) < 4.78 is 0. The van der Waals surface area contributed by atoms with Crippen molar-refractivity contribution in [3.63, 3.8) is 0 Å². The van der Waals surface area contributed by atoms with Crippen molar-refractivity contribution in [2.24, 2.45) is 0 Å². The summed E-state index contributed by atoms with van der Waals surface area (Å²) in [5, 5.41) is 6.20. The van der Waals surface area contributed by atoms with Gasteiger partial charge in [0.25, 0.3) is 0 Å². The number of carbonyl (C=O) groups is 1. The van der Waals surface area contributed by atoms with E-state index in [1.54, 1.807) is 0 Å². The molecule has 19 heavy (non-hydrogen) atoms. The quantitative estimate of drug-likeness (QED) is 0.891. The molecule has 0 spiro atoms. The van der Waals surface area contributed by atoms with Crippen molar-refractivity contribution in [3.05, 3.63) is 30.3 Å². The molecule has 0 unspecified atom stereocenters. The number of hydrogen-bond acceptors (Lipinski definition) is 3. The average Bonchev–Trinajstić information content (AvgIpc) is 2.39. The number of benzene rings is 1. The molecule has 1 aliphatic rings. The maximum absolute atomic E-state index is 11.7. The predicted molar refractivity (Wildman–Crippen MR) is 83.5 cm³/mol. The zero-order chi connectivity index (χ0) is 11.9. The fourth-order valence-electron chi connectivity index (χ4n) is 1.94. The van der Waals surface area contributed by atoms with Gasteiger partial charge in [0.1, 0.15) is 0 Å². The fourth-order valence-corrected chi connectivity index (χ4v) is 1.94. The van der Waals surface area contributed by atoms with Gasteiger partial charge in [-0.25, -0.2) is 0 Å². The Morgan fingerprint density at radius 1 is 1.16 bits per heavy atom. The highest BCUT2D eigenvalue weighted by atomic mass is 35.5. The second-order valence-electron chi connectivity index (χ2n) is 4.26. The van der Waals surface area contributed by atoms with Crippen LogP contribution in [0.2, 0.25) is 0 Å². The summed E-state index contributed by atoms with van der Waals surface area (Å²) in [6.07, 6.45) is 0.564. The Labute approximate surface area is 126 Å². The molecule has 0 aliphatic carbocycles. The maximum atomic E-state index is 11.7. The molecule has 4 nitrogen and oxygen atoms in total. The number of piperazine rings is 1. The third kappa shape index (κ3) is 6.78. The lowest BCUT2D eigenvalue weighted by Gasteiger charge is -2.26. The second kappa shape index (κ2) is 10.0. The SMILES string of the molecule is Cl.Cl.O=C(CCN1CCNCC1)Nc1ccccc1. The van der Waals surface area contributed by atoms with E-state index in [4.69, 9.17) is 0 Å². The van der Waals surface area contributed by atoms with Crippen LogP contribution in [0.5, 0.6) is 0 Å². The first kappa shape index (κ1) is 18.2. The molecular weight excluding hydrogens is 285 g/mol. The van der Waals surface area contributed by atoms with Gasteiger partial charge < -0.3 is 15.5 Å². The Bertz CT molecular complexity index is 356. The molecule has 6 heteroatoms. The van der Waals surface area contributed by atoms with Gasteiger partial charge in [0, 0.05) is 44.8 Å². The Balaban J connectivity index is 0.00000162. The van der Waals surface area contributed by atoms with Crippen LogP contribution in [0, 0.1) is 0 Å². The average molecular weight is 306 g/mol. The Kier molecular flexibility index (Phi) is 9.61. The van der Waals surface area contributed by atoms with E-state index < -0.39 is 0 Å². The molecule has 1 fully saturated rings. The number of halogens is 2. The van der Waals surface area contributed by atoms with E-state index in [0.717, 1.165) is 38.4 Å². The van der Waals surface area contributed by atoms with Crippen LogP contribution in [0.1, 0.15) is 6.42 Å². The van der Waals surface area contributed by atoms with Gasteiger partial charge in [0.15, 0.2) is 0 Å². The number of anilines is 1. The van der Waals surface area contributed by atoms with Crippen molar-refractivity contribution in [1.29, 1.82) is 0 Å². The topological polar surface area (TPSA) is 44.4 Å². The first-order chi connectivity index (χ1) is 8.34. The third-order valence-corrected chi connectivity index (χ3v) is 2.92. The van der Waals surface area contributed by atoms with Crippen LogP contribution in [-0.2, 0) is 4.79 Å². The van der Waals surface area contributed by atoms with Gasteiger partial charge in [0.05, 0.1) is 0 Å². The lowest BCUT2D eigenvalue weighted by molar-refractivity contribution is -0.116. The van der Waals surface area contributed by atoms with Gasteiger partial charge in [-0.15, -0.1) is 24.8 Å². The minimum absolute atomic E-state index is 0. The first-order valence-electron chi connectivity index (χ1n) is 6.12. The van der Waals surface area contributed by atoms with Gasteiger partial charge in [0.2, 0.25) is 5.91 Å². The van der Waals surface area contributed by atoms with Crippen LogP contribution in [0.3, 0.4) is 0 Å². The molecule has 0 atom stereocenters. The van der Waals surface area contributed by atoms with Crippen molar-refractivity contribution in [1.82, 2.24) is 10.2 Å². The molecule has 108 valence electrons. The summed E-state index contributed by atoms with van der Waals surface area (Å²) >= 11 is 0. The number of nitrogens with one attached hydrogen (secondary N) is 2. The highest BCUT2D eigenvalue weighted by molar-refractivity contribution is 5.90. The lowest BCUT2D eigenvalue weighted by Crippen LogP contribution is -2.44. The number of nitrogens with zero attached hydrogens (tertiary/aromatic N) is 1. The van der Waals surface area contributed by atoms with Crippen LogP contribution in [0.4, 0.5) is 5.69 Å². The van der Waals surface area contributed by atoms with Crippen LogP contribution in [-0.4, -0.2) is 43.5 Å². The number of amides is 1. The van der Waals surface area contributed by atoms with Gasteiger partial charge in [-0.2, -0.15) is 0 Å². The monoisotopic (exact) mass is 305 g/mol. The Morgan fingerprint density at radius 3 is 2.42 bits per heavy atom. The van der Waals surface area contributed by atoms with Crippen molar-refractivity contribution in [2.75, 3.05) is 38.0 Å². The molecule has 1 saturated heterocycles. The summed E-state index contributed by atoms with van der Waals surface area (Å²) in [6.45, 7) is 4.98. The highest BCUT2D eigenvalue weighted by Crippen LogP contribution is 2.05. The van der Waals surface area contributed by atoms with Crippen molar-refractivity contribution in [2.45, 2.75) is 6.42 Å². The van der Waals surface area contributed by atoms with E-state index in [1.165, 1.54) is 0 Å². The standard InChI is InChI=1S/C13H19N3O.2ClH/c17-13(15-12-4-2-1-3-5-12)6-9-16-10-7-14-8-11-16;;/h1-5,14H,6-11H2,(H,15,17);2*1H. The van der Waals surface area contributed by atoms with Gasteiger partial charge in [-0.1, -0.05) is 18.2 Å². The van der Waals surface area contributed by atoms with E-state index in [-0.39, 0.29) is 30.7 Å². The summed E-state index contributed by atoms with van der Waals surface area (Å²) in [5.74, 6) is 0.0923. The van der Waals surface area contributed by atoms with Gasteiger partial charge in [-0.05, 0) is 12.1 Å². The number of carbonyl (C=O) groups excluding carboxylic acids is 1. The van der Waals surface area contributed by atoms with Gasteiger partial charge in [-0.3, -0.25) is 4.79 Å². The zero-order valence-corrected chi connectivity index (χ0v) is 12.4. The molecule has 0 saturated carbocycles. The molecule has 2 rings (SSSR count). The molecular formula is C13H21Cl2N3O. The third-order valence-electron chi connectivity index (χ3n) is 2.92. The smallest absolute Gasteiger partial charge is 0.225 e. The van der Waals surface area contributed by atoms with E-state index in [2.05, 4.69) is 15.5 Å². The fraction of sp³-hybridized carbons (Fsp3) is 0.462. The normalized spacial score (nSPS) is 14.9. The van der Waals surface area contributed by atoms with Crippen LogP contribution < -0.4 is 10.6 Å². The number of hydrogen-bond donors (Lipinski definition) is 2. The predicted octanol–water partition coefficient (Wildman–Crippen LogP) is 1.76. The Morgan fingerprint density at radius 2 is 1.79 bits per heavy atom. The molecule has 1 heterocycles. The Hall–Kier alpha value is -0.810. The molecule has 0 radical (unpaired) electrons. The summed E-state index contributed by atoms with van der Waals surface area (Å²) in [5.41, 5.74) is 0.873. The van der Waals surface area contributed by atoms with Gasteiger partial charge >= 0.3 is 0 Å². The van der Waals surface area contributed by atoms with Crippen LogP contribution in [0.15, 0.2) is 30.3 Å². The van der Waals surface area contributed by atoms with E-state index in [0.29, 0.717) is 6.42 Å². The summed E-state index contributed by atoms with van der Waals surface area (Å²) in [6, 6.07) is 9.60. The van der Waals surface area contributed by atoms with E-state index in [9.17, 15) is 4.79 Å². The van der Waals surface area contributed by atoms with Crippen LogP contribution >= 0.6 is 24.8 Å². The highest BCUT2D eigenvalue weighted by Gasteiger charge is 2.11. The molecule has 1 aromatic rings. The molecule has 1 amide bonds. The summed E-state index contributed by atoms with van der Waals surface area (Å²) in [4.78, 5) is 14.0. The molecule has 0 aromatic heterocycles. The van der Waals surface area contributed by atoms with Crippen LogP contribution in [0.25, 0.3) is 0 Å². The van der Waals surface area contributed by atoms with E-state index >= 15 is 0 Å². The lowest BCUT2D eigenvalue weighted by atomic mass is 10.3. The van der Waals surface area contributed by atoms with Crippen molar-refractivity contribution >= 4 is 36.4 Å². The molecule has 1 aliphatic heterocycles. The zero-order valence-electron chi connectivity index (χ0n) is 10.8. The second-order valence-corrected chi connectivity index (χ2v) is 4.26. The number of rotatable bonds is 4. The molecule has 2 N–H and O–H groups in total. The molecule has 0 bridgehead atoms. The van der Waals surface area contributed by atoms with E-state index in [1.807, 2.05) is 30.3 Å².